The molecule has 1 rings (SSSR count). The van der Waals surface area contributed by atoms with Crippen LogP contribution in [-0.4, -0.2) is 19.0 Å². The number of hydrogen-bond acceptors (Lipinski definition) is 2. The summed E-state index contributed by atoms with van der Waals surface area (Å²) in [6.07, 6.45) is 0. The van der Waals surface area contributed by atoms with E-state index in [-0.39, 0.29) is 23.7 Å². The third-order valence-electron chi connectivity index (χ3n) is 3.10. The molecule has 1 unspecified atom stereocenters. The number of aryl methyl sites for hydroxylation is 1. The number of nitrogens with one attached hydrogen (secondary N) is 2. The maximum absolute atomic E-state index is 13.4. The van der Waals surface area contributed by atoms with Crippen LogP contribution in [0.1, 0.15) is 37.9 Å². The Morgan fingerprint density at radius 1 is 1.26 bits per heavy atom. The van der Waals surface area contributed by atoms with Gasteiger partial charge in [0, 0.05) is 25.0 Å². The predicted molar refractivity (Wildman–Crippen MR) is 75.4 cm³/mol. The first-order valence-corrected chi connectivity index (χ1v) is 6.69. The number of halogens is 1. The molecule has 0 saturated carbocycles. The Hall–Kier alpha value is -1.42. The summed E-state index contributed by atoms with van der Waals surface area (Å²) < 4.78 is 13.4. The molecule has 0 spiro atoms. The quantitative estimate of drug-likeness (QED) is 0.777. The fourth-order valence-corrected chi connectivity index (χ4v) is 1.67. The van der Waals surface area contributed by atoms with Crippen molar-refractivity contribution < 1.29 is 9.18 Å². The lowest BCUT2D eigenvalue weighted by Crippen LogP contribution is -2.35. The monoisotopic (exact) mass is 266 g/mol. The van der Waals surface area contributed by atoms with Crippen LogP contribution in [0.15, 0.2) is 18.2 Å². The van der Waals surface area contributed by atoms with Crippen LogP contribution in [0.4, 0.5) is 4.39 Å². The minimum atomic E-state index is -0.181. The molecule has 0 aliphatic rings. The summed E-state index contributed by atoms with van der Waals surface area (Å²) in [5.41, 5.74) is 1.57. The smallest absolute Gasteiger partial charge is 0.222 e. The number of amides is 1. The zero-order chi connectivity index (χ0) is 14.4. The van der Waals surface area contributed by atoms with Crippen LogP contribution < -0.4 is 10.6 Å². The Morgan fingerprint density at radius 3 is 2.53 bits per heavy atom. The van der Waals surface area contributed by atoms with Crippen LogP contribution in [0.25, 0.3) is 0 Å². The number of hydrogen-bond donors (Lipinski definition) is 2. The van der Waals surface area contributed by atoms with Gasteiger partial charge in [0.25, 0.3) is 0 Å². The van der Waals surface area contributed by atoms with Gasteiger partial charge in [-0.05, 0) is 31.0 Å². The minimum Gasteiger partial charge on any atom is -0.355 e. The van der Waals surface area contributed by atoms with E-state index in [0.29, 0.717) is 18.7 Å². The van der Waals surface area contributed by atoms with Crippen molar-refractivity contribution in [2.45, 2.75) is 33.7 Å². The van der Waals surface area contributed by atoms with E-state index >= 15 is 0 Å². The van der Waals surface area contributed by atoms with Gasteiger partial charge >= 0.3 is 0 Å². The normalized spacial score (nSPS) is 12.5. The molecule has 2 N–H and O–H groups in total. The van der Waals surface area contributed by atoms with Gasteiger partial charge in [0.1, 0.15) is 5.82 Å². The fourth-order valence-electron chi connectivity index (χ4n) is 1.67. The first kappa shape index (κ1) is 15.6. The fraction of sp³-hybridized carbons (Fsp3) is 0.533. The Bertz CT molecular complexity index is 432. The topological polar surface area (TPSA) is 41.1 Å². The summed E-state index contributed by atoms with van der Waals surface area (Å²) >= 11 is 0. The van der Waals surface area contributed by atoms with Gasteiger partial charge < -0.3 is 10.6 Å². The summed E-state index contributed by atoms with van der Waals surface area (Å²) in [5, 5.41) is 6.09. The van der Waals surface area contributed by atoms with Crippen LogP contribution >= 0.6 is 0 Å². The zero-order valence-corrected chi connectivity index (χ0v) is 12.1. The summed E-state index contributed by atoms with van der Waals surface area (Å²) in [5.74, 6) is -0.126. The number of rotatable bonds is 6. The first-order valence-electron chi connectivity index (χ1n) is 6.69. The molecular weight excluding hydrogens is 243 g/mol. The predicted octanol–water partition coefficient (Wildman–Crippen LogP) is 2.56. The van der Waals surface area contributed by atoms with Crippen LogP contribution in [-0.2, 0) is 4.79 Å². The van der Waals surface area contributed by atoms with E-state index in [1.807, 2.05) is 26.8 Å². The molecule has 0 saturated heterocycles. The highest BCUT2D eigenvalue weighted by Gasteiger charge is 2.08. The van der Waals surface area contributed by atoms with Crippen LogP contribution in [0.3, 0.4) is 0 Å². The molecule has 0 bridgehead atoms. The second-order valence-corrected chi connectivity index (χ2v) is 5.13. The second-order valence-electron chi connectivity index (χ2n) is 5.13. The Morgan fingerprint density at radius 2 is 1.95 bits per heavy atom. The second kappa shape index (κ2) is 7.24. The average Bonchev–Trinajstić information content (AvgIpc) is 2.37. The van der Waals surface area contributed by atoms with E-state index < -0.39 is 0 Å². The third-order valence-corrected chi connectivity index (χ3v) is 3.10. The molecule has 0 aliphatic carbocycles. The summed E-state index contributed by atoms with van der Waals surface area (Å²) in [6.45, 7) is 8.69. The maximum Gasteiger partial charge on any atom is 0.222 e. The highest BCUT2D eigenvalue weighted by Crippen LogP contribution is 2.15. The van der Waals surface area contributed by atoms with E-state index in [4.69, 9.17) is 0 Å². The van der Waals surface area contributed by atoms with Gasteiger partial charge in [-0.1, -0.05) is 26.0 Å². The molecule has 1 amide bonds. The lowest BCUT2D eigenvalue weighted by molar-refractivity contribution is -0.123. The molecular formula is C15H23FN2O. The summed E-state index contributed by atoms with van der Waals surface area (Å²) in [4.78, 5) is 11.4. The van der Waals surface area contributed by atoms with Crippen LogP contribution in [0.2, 0.25) is 0 Å². The molecule has 0 aromatic heterocycles. The van der Waals surface area contributed by atoms with Crippen molar-refractivity contribution in [2.24, 2.45) is 5.92 Å². The van der Waals surface area contributed by atoms with Crippen molar-refractivity contribution in [3.05, 3.63) is 35.1 Å². The largest absolute Gasteiger partial charge is 0.355 e. The molecule has 4 heteroatoms. The van der Waals surface area contributed by atoms with Crippen LogP contribution in [0.5, 0.6) is 0 Å². The molecule has 106 valence electrons. The van der Waals surface area contributed by atoms with Crippen molar-refractivity contribution in [2.75, 3.05) is 13.1 Å². The summed E-state index contributed by atoms with van der Waals surface area (Å²) in [6, 6.07) is 5.32. The molecule has 0 aliphatic heterocycles. The van der Waals surface area contributed by atoms with Crippen molar-refractivity contribution in [1.29, 1.82) is 0 Å². The van der Waals surface area contributed by atoms with Crippen molar-refractivity contribution in [1.82, 2.24) is 10.6 Å². The van der Waals surface area contributed by atoms with E-state index in [2.05, 4.69) is 10.6 Å². The Kier molecular flexibility index (Phi) is 5.96. The number of carbonyl (C=O) groups excluding carboxylic acids is 1. The Balaban J connectivity index is 2.37. The molecule has 0 fully saturated rings. The minimum absolute atomic E-state index is 0.00335. The van der Waals surface area contributed by atoms with E-state index in [0.717, 1.165) is 5.56 Å². The highest BCUT2D eigenvalue weighted by molar-refractivity contribution is 5.77. The SMILES string of the molecule is Cc1ccc(C(C)NCCNC(=O)C(C)C)cc1F. The first-order chi connectivity index (χ1) is 8.91. The van der Waals surface area contributed by atoms with E-state index in [9.17, 15) is 9.18 Å². The van der Waals surface area contributed by atoms with Gasteiger partial charge in [0.15, 0.2) is 0 Å². The zero-order valence-electron chi connectivity index (χ0n) is 12.1. The summed E-state index contributed by atoms with van der Waals surface area (Å²) in [7, 11) is 0. The molecule has 1 atom stereocenters. The van der Waals surface area contributed by atoms with Crippen molar-refractivity contribution >= 4 is 5.91 Å². The van der Waals surface area contributed by atoms with Gasteiger partial charge in [-0.3, -0.25) is 4.79 Å². The van der Waals surface area contributed by atoms with Gasteiger partial charge in [-0.15, -0.1) is 0 Å². The lowest BCUT2D eigenvalue weighted by atomic mass is 10.1. The van der Waals surface area contributed by atoms with Gasteiger partial charge in [-0.25, -0.2) is 4.39 Å². The maximum atomic E-state index is 13.4. The van der Waals surface area contributed by atoms with Gasteiger partial charge in [0.2, 0.25) is 5.91 Å². The molecule has 3 nitrogen and oxygen atoms in total. The molecule has 19 heavy (non-hydrogen) atoms. The lowest BCUT2D eigenvalue weighted by Gasteiger charge is -2.15. The van der Waals surface area contributed by atoms with Gasteiger partial charge in [0.05, 0.1) is 0 Å². The van der Waals surface area contributed by atoms with E-state index in [1.54, 1.807) is 19.1 Å². The molecule has 0 radical (unpaired) electrons. The third kappa shape index (κ3) is 4.99. The Labute approximate surface area is 114 Å². The molecule has 1 aromatic carbocycles. The number of benzene rings is 1. The highest BCUT2D eigenvalue weighted by atomic mass is 19.1. The van der Waals surface area contributed by atoms with E-state index in [1.165, 1.54) is 0 Å². The molecule has 0 heterocycles. The van der Waals surface area contributed by atoms with Crippen molar-refractivity contribution in [3.63, 3.8) is 0 Å². The van der Waals surface area contributed by atoms with Crippen molar-refractivity contribution in [3.8, 4) is 0 Å². The molecule has 1 aromatic rings. The average molecular weight is 266 g/mol. The number of carbonyl (C=O) groups is 1. The van der Waals surface area contributed by atoms with Gasteiger partial charge in [-0.2, -0.15) is 0 Å². The van der Waals surface area contributed by atoms with Crippen LogP contribution in [0, 0.1) is 18.7 Å². The standard InChI is InChI=1S/C15H23FN2O/c1-10(2)15(19)18-8-7-17-12(4)13-6-5-11(3)14(16)9-13/h5-6,9-10,12,17H,7-8H2,1-4H3,(H,18,19).